The highest BCUT2D eigenvalue weighted by atomic mass is 16.2. The van der Waals surface area contributed by atoms with E-state index in [1.54, 1.807) is 0 Å². The lowest BCUT2D eigenvalue weighted by Crippen LogP contribution is -2.54. The van der Waals surface area contributed by atoms with Crippen LogP contribution in [0.2, 0.25) is 0 Å². The SMILES string of the molecule is NCCCCCNC(=O)C(Cc1c[nH]c2ccccc12)NC(=O)N1CCC2(C=Cc3ccccc32)CC1. The van der Waals surface area contributed by atoms with Gasteiger partial charge in [0.25, 0.3) is 0 Å². The number of H-pyrrole nitrogens is 1. The second-order valence-electron chi connectivity index (χ2n) is 10.3. The first-order valence-electron chi connectivity index (χ1n) is 13.5. The molecule has 2 heterocycles. The number of aromatic amines is 1. The fraction of sp³-hybridized carbons (Fsp3) is 0.400. The Balaban J connectivity index is 1.24. The number of hydrogen-bond donors (Lipinski definition) is 4. The highest BCUT2D eigenvalue weighted by molar-refractivity contribution is 5.89. The number of carbonyl (C=O) groups is 2. The van der Waals surface area contributed by atoms with Crippen molar-refractivity contribution in [3.8, 4) is 0 Å². The fourth-order valence-electron chi connectivity index (χ4n) is 5.73. The van der Waals surface area contributed by atoms with Crippen LogP contribution in [-0.4, -0.2) is 54.0 Å². The number of nitrogens with one attached hydrogen (secondary N) is 3. The van der Waals surface area contributed by atoms with E-state index in [4.69, 9.17) is 5.73 Å². The molecule has 2 aliphatic rings. The maximum Gasteiger partial charge on any atom is 0.318 e. The minimum Gasteiger partial charge on any atom is -0.361 e. The van der Waals surface area contributed by atoms with E-state index in [1.165, 1.54) is 11.1 Å². The zero-order valence-corrected chi connectivity index (χ0v) is 21.3. The monoisotopic (exact) mass is 499 g/mol. The third kappa shape index (κ3) is 5.42. The van der Waals surface area contributed by atoms with Crippen LogP contribution in [0.5, 0.6) is 0 Å². The number of rotatable bonds is 9. The van der Waals surface area contributed by atoms with Crippen LogP contribution in [-0.2, 0) is 16.6 Å². The molecular weight excluding hydrogens is 462 g/mol. The van der Waals surface area contributed by atoms with Gasteiger partial charge < -0.3 is 26.3 Å². The lowest BCUT2D eigenvalue weighted by molar-refractivity contribution is -0.122. The summed E-state index contributed by atoms with van der Waals surface area (Å²) in [5.74, 6) is -0.146. The first kappa shape index (κ1) is 25.1. The van der Waals surface area contributed by atoms with Crippen LogP contribution in [0.25, 0.3) is 17.0 Å². The van der Waals surface area contributed by atoms with Gasteiger partial charge in [0.05, 0.1) is 0 Å². The molecule has 1 atom stereocenters. The van der Waals surface area contributed by atoms with Crippen molar-refractivity contribution in [3.63, 3.8) is 0 Å². The van der Waals surface area contributed by atoms with Crippen LogP contribution in [0, 0.1) is 0 Å². The minimum atomic E-state index is -0.649. The van der Waals surface area contributed by atoms with Gasteiger partial charge in [-0.1, -0.05) is 61.0 Å². The first-order chi connectivity index (χ1) is 18.1. The number of carbonyl (C=O) groups excluding carboxylic acids is 2. The summed E-state index contributed by atoms with van der Waals surface area (Å²) in [6.45, 7) is 2.55. The summed E-state index contributed by atoms with van der Waals surface area (Å²) in [6, 6.07) is 15.7. The van der Waals surface area contributed by atoms with E-state index >= 15 is 0 Å². The van der Waals surface area contributed by atoms with Crippen molar-refractivity contribution < 1.29 is 9.59 Å². The fourth-order valence-corrected chi connectivity index (χ4v) is 5.73. The van der Waals surface area contributed by atoms with Crippen LogP contribution < -0.4 is 16.4 Å². The molecule has 194 valence electrons. The second kappa shape index (κ2) is 11.2. The number of piperidine rings is 1. The van der Waals surface area contributed by atoms with Crippen molar-refractivity contribution in [1.82, 2.24) is 20.5 Å². The molecule has 1 aliphatic heterocycles. The van der Waals surface area contributed by atoms with Crippen LogP contribution in [0.4, 0.5) is 4.79 Å². The number of amides is 3. The third-order valence-electron chi connectivity index (χ3n) is 7.92. The summed E-state index contributed by atoms with van der Waals surface area (Å²) >= 11 is 0. The summed E-state index contributed by atoms with van der Waals surface area (Å²) in [4.78, 5) is 31.7. The Labute approximate surface area is 218 Å². The molecule has 3 aromatic rings. The van der Waals surface area contributed by atoms with Crippen LogP contribution in [0.3, 0.4) is 0 Å². The summed E-state index contributed by atoms with van der Waals surface area (Å²) in [5, 5.41) is 7.16. The van der Waals surface area contributed by atoms with Gasteiger partial charge in [0.15, 0.2) is 0 Å². The average Bonchev–Trinajstić information content (AvgIpc) is 3.50. The van der Waals surface area contributed by atoms with E-state index in [-0.39, 0.29) is 17.4 Å². The Bertz CT molecular complexity index is 1270. The zero-order chi connectivity index (χ0) is 25.7. The molecule has 1 saturated heterocycles. The largest absolute Gasteiger partial charge is 0.361 e. The Hall–Kier alpha value is -3.58. The number of aromatic nitrogens is 1. The van der Waals surface area contributed by atoms with Gasteiger partial charge in [0.1, 0.15) is 6.04 Å². The number of allylic oxidation sites excluding steroid dienone is 1. The van der Waals surface area contributed by atoms with E-state index in [0.29, 0.717) is 32.6 Å². The summed E-state index contributed by atoms with van der Waals surface area (Å²) < 4.78 is 0. The molecule has 3 amide bonds. The van der Waals surface area contributed by atoms with Gasteiger partial charge in [-0.15, -0.1) is 0 Å². The Morgan fingerprint density at radius 2 is 1.81 bits per heavy atom. The minimum absolute atomic E-state index is 0.0116. The number of urea groups is 1. The van der Waals surface area contributed by atoms with Gasteiger partial charge in [0.2, 0.25) is 5.91 Å². The predicted octanol–water partition coefficient (Wildman–Crippen LogP) is 4.09. The van der Waals surface area contributed by atoms with Gasteiger partial charge in [-0.3, -0.25) is 4.79 Å². The predicted molar refractivity (Wildman–Crippen MR) is 148 cm³/mol. The Kier molecular flexibility index (Phi) is 7.60. The van der Waals surface area contributed by atoms with Gasteiger partial charge in [-0.2, -0.15) is 0 Å². The number of hydrogen-bond acceptors (Lipinski definition) is 3. The molecule has 0 bridgehead atoms. The van der Waals surface area contributed by atoms with Crippen LogP contribution >= 0.6 is 0 Å². The number of unbranched alkanes of at least 4 members (excludes halogenated alkanes) is 2. The molecule has 5 rings (SSSR count). The normalized spacial score (nSPS) is 16.6. The number of nitrogens with two attached hydrogens (primary N) is 1. The smallest absolute Gasteiger partial charge is 0.318 e. The molecule has 0 saturated carbocycles. The van der Waals surface area contributed by atoms with Crippen molar-refractivity contribution in [2.75, 3.05) is 26.2 Å². The third-order valence-corrected chi connectivity index (χ3v) is 7.92. The van der Waals surface area contributed by atoms with E-state index in [9.17, 15) is 9.59 Å². The topological polar surface area (TPSA) is 103 Å². The van der Waals surface area contributed by atoms with Crippen molar-refractivity contribution in [2.24, 2.45) is 5.73 Å². The maximum atomic E-state index is 13.4. The van der Waals surface area contributed by atoms with Crippen LogP contribution in [0.1, 0.15) is 48.8 Å². The summed E-state index contributed by atoms with van der Waals surface area (Å²) in [5.41, 5.74) is 10.3. The van der Waals surface area contributed by atoms with Gasteiger partial charge in [-0.25, -0.2) is 4.79 Å². The Morgan fingerprint density at radius 3 is 2.65 bits per heavy atom. The number of likely N-dealkylation sites (tertiary alicyclic amines) is 1. The molecule has 1 aliphatic carbocycles. The molecule has 2 aromatic carbocycles. The van der Waals surface area contributed by atoms with E-state index in [2.05, 4.69) is 52.0 Å². The molecule has 7 heteroatoms. The van der Waals surface area contributed by atoms with Crippen molar-refractivity contribution >= 4 is 28.9 Å². The lowest BCUT2D eigenvalue weighted by atomic mass is 9.74. The Morgan fingerprint density at radius 1 is 1.03 bits per heavy atom. The second-order valence-corrected chi connectivity index (χ2v) is 10.3. The van der Waals surface area contributed by atoms with E-state index in [1.807, 2.05) is 35.4 Å². The van der Waals surface area contributed by atoms with E-state index < -0.39 is 6.04 Å². The number of fused-ring (bicyclic) bond motifs is 3. The molecular formula is C30H37N5O2. The first-order valence-corrected chi connectivity index (χ1v) is 13.5. The summed E-state index contributed by atoms with van der Waals surface area (Å²) in [7, 11) is 0. The maximum absolute atomic E-state index is 13.4. The van der Waals surface area contributed by atoms with Crippen molar-refractivity contribution in [2.45, 2.75) is 50.0 Å². The molecule has 1 fully saturated rings. The van der Waals surface area contributed by atoms with Gasteiger partial charge >= 0.3 is 6.03 Å². The van der Waals surface area contributed by atoms with Crippen LogP contribution in [0.15, 0.2) is 60.8 Å². The number of para-hydroxylation sites is 1. The molecule has 7 nitrogen and oxygen atoms in total. The van der Waals surface area contributed by atoms with Crippen molar-refractivity contribution in [3.05, 3.63) is 77.5 Å². The van der Waals surface area contributed by atoms with Gasteiger partial charge in [0, 0.05) is 48.6 Å². The molecule has 37 heavy (non-hydrogen) atoms. The average molecular weight is 500 g/mol. The quantitative estimate of drug-likeness (QED) is 0.333. The standard InChI is InChI=1S/C30H37N5O2/c31-16-6-1-7-17-32-28(36)27(20-23-21-33-26-11-5-3-9-24(23)26)34-29(37)35-18-14-30(15-19-35)13-12-22-8-2-4-10-25(22)30/h2-5,8-13,21,27,33H,1,6-7,14-20,31H2,(H,32,36)(H,34,37). The molecule has 1 spiro atoms. The highest BCUT2D eigenvalue weighted by Crippen LogP contribution is 2.43. The van der Waals surface area contributed by atoms with Gasteiger partial charge in [-0.05, 0) is 55.0 Å². The molecule has 0 radical (unpaired) electrons. The molecule has 1 unspecified atom stereocenters. The summed E-state index contributed by atoms with van der Waals surface area (Å²) in [6.07, 6.45) is 11.4. The van der Waals surface area contributed by atoms with E-state index in [0.717, 1.165) is 48.6 Å². The number of benzene rings is 2. The molecule has 5 N–H and O–H groups in total. The van der Waals surface area contributed by atoms with Crippen molar-refractivity contribution in [1.29, 1.82) is 0 Å². The lowest BCUT2D eigenvalue weighted by Gasteiger charge is -2.39. The zero-order valence-electron chi connectivity index (χ0n) is 21.3. The molecule has 1 aromatic heterocycles. The highest BCUT2D eigenvalue weighted by Gasteiger charge is 2.39. The number of nitrogens with zero attached hydrogens (tertiary/aromatic N) is 1.